The van der Waals surface area contributed by atoms with Gasteiger partial charge in [0.05, 0.1) is 4.47 Å². The largest absolute Gasteiger partial charge is 0.489 e. The zero-order valence-corrected chi connectivity index (χ0v) is 10.4. The number of ether oxygens (including phenoxy) is 1. The first-order valence-corrected chi connectivity index (χ1v) is 5.83. The monoisotopic (exact) mass is 268 g/mol. The van der Waals surface area contributed by atoms with Crippen LogP contribution in [0.5, 0.6) is 5.75 Å². The molecule has 0 saturated carbocycles. The van der Waals surface area contributed by atoms with E-state index in [9.17, 15) is 4.79 Å². The molecule has 2 nitrogen and oxygen atoms in total. The van der Waals surface area contributed by atoms with Gasteiger partial charge in [-0.25, -0.2) is 0 Å². The molecule has 0 amide bonds. The third-order valence-electron chi connectivity index (χ3n) is 2.46. The van der Waals surface area contributed by atoms with Gasteiger partial charge in [-0.1, -0.05) is 6.07 Å². The van der Waals surface area contributed by atoms with E-state index in [1.54, 1.807) is 6.92 Å². The molecule has 15 heavy (non-hydrogen) atoms. The molecule has 0 bridgehead atoms. The van der Waals surface area contributed by atoms with Gasteiger partial charge in [0.15, 0.2) is 0 Å². The van der Waals surface area contributed by atoms with E-state index in [1.807, 2.05) is 6.07 Å². The molecular formula is C12H13BrO2. The fraction of sp³-hybridized carbons (Fsp3) is 0.417. The lowest BCUT2D eigenvalue weighted by Gasteiger charge is -2.06. The first kappa shape index (κ1) is 10.7. The van der Waals surface area contributed by atoms with E-state index in [-0.39, 0.29) is 11.9 Å². The lowest BCUT2D eigenvalue weighted by Crippen LogP contribution is -2.05. The van der Waals surface area contributed by atoms with Crippen molar-refractivity contribution in [3.8, 4) is 5.75 Å². The summed E-state index contributed by atoms with van der Waals surface area (Å²) in [7, 11) is 0. The van der Waals surface area contributed by atoms with E-state index in [0.717, 1.165) is 22.2 Å². The SMILES string of the molecule is CC(=O)Cc1cc(Br)c2c(c1)CC(C)O2. The summed E-state index contributed by atoms with van der Waals surface area (Å²) in [5.74, 6) is 1.13. The van der Waals surface area contributed by atoms with Crippen molar-refractivity contribution in [1.29, 1.82) is 0 Å². The molecule has 1 aliphatic rings. The van der Waals surface area contributed by atoms with Crippen LogP contribution in [0.2, 0.25) is 0 Å². The Bertz CT molecular complexity index is 412. The quantitative estimate of drug-likeness (QED) is 0.825. The van der Waals surface area contributed by atoms with E-state index < -0.39 is 0 Å². The molecule has 1 aromatic carbocycles. The third kappa shape index (κ3) is 2.23. The van der Waals surface area contributed by atoms with Crippen LogP contribution in [-0.4, -0.2) is 11.9 Å². The number of benzene rings is 1. The van der Waals surface area contributed by atoms with Crippen LogP contribution in [0, 0.1) is 0 Å². The molecule has 1 aromatic rings. The predicted octanol–water partition coefficient (Wildman–Crippen LogP) is 2.90. The van der Waals surface area contributed by atoms with Crippen molar-refractivity contribution in [3.05, 3.63) is 27.7 Å². The molecule has 0 aromatic heterocycles. The van der Waals surface area contributed by atoms with Crippen LogP contribution in [0.25, 0.3) is 0 Å². The third-order valence-corrected chi connectivity index (χ3v) is 3.05. The van der Waals surface area contributed by atoms with E-state index in [0.29, 0.717) is 6.42 Å². The van der Waals surface area contributed by atoms with Crippen LogP contribution >= 0.6 is 15.9 Å². The molecule has 0 fully saturated rings. The van der Waals surface area contributed by atoms with Gasteiger partial charge in [0.2, 0.25) is 0 Å². The first-order chi connectivity index (χ1) is 7.06. The van der Waals surface area contributed by atoms with Crippen LogP contribution in [0.15, 0.2) is 16.6 Å². The second-order valence-electron chi connectivity index (χ2n) is 4.08. The van der Waals surface area contributed by atoms with Crippen LogP contribution in [-0.2, 0) is 17.6 Å². The Morgan fingerprint density at radius 2 is 2.33 bits per heavy atom. The lowest BCUT2D eigenvalue weighted by atomic mass is 10.0. The zero-order chi connectivity index (χ0) is 11.0. The van der Waals surface area contributed by atoms with Gasteiger partial charge in [-0.3, -0.25) is 4.79 Å². The molecule has 1 atom stereocenters. The highest BCUT2D eigenvalue weighted by Crippen LogP contribution is 2.37. The van der Waals surface area contributed by atoms with E-state index >= 15 is 0 Å². The van der Waals surface area contributed by atoms with Crippen molar-refractivity contribution in [2.75, 3.05) is 0 Å². The molecule has 80 valence electrons. The topological polar surface area (TPSA) is 26.3 Å². The van der Waals surface area contributed by atoms with Gasteiger partial charge >= 0.3 is 0 Å². The summed E-state index contributed by atoms with van der Waals surface area (Å²) in [6, 6.07) is 4.04. The number of fused-ring (bicyclic) bond motifs is 1. The summed E-state index contributed by atoms with van der Waals surface area (Å²) < 4.78 is 6.62. The molecule has 1 heterocycles. The summed E-state index contributed by atoms with van der Waals surface area (Å²) in [6.07, 6.45) is 1.67. The summed E-state index contributed by atoms with van der Waals surface area (Å²) in [4.78, 5) is 11.0. The Kier molecular flexibility index (Phi) is 2.83. The molecule has 0 N–H and O–H groups in total. The normalized spacial score (nSPS) is 18.5. The van der Waals surface area contributed by atoms with Gasteiger partial charge < -0.3 is 4.74 Å². The Morgan fingerprint density at radius 1 is 1.60 bits per heavy atom. The smallest absolute Gasteiger partial charge is 0.137 e. The summed E-state index contributed by atoms with van der Waals surface area (Å²) >= 11 is 3.48. The van der Waals surface area contributed by atoms with Crippen molar-refractivity contribution >= 4 is 21.7 Å². The van der Waals surface area contributed by atoms with Crippen LogP contribution < -0.4 is 4.74 Å². The van der Waals surface area contributed by atoms with E-state index in [1.165, 1.54) is 5.56 Å². The number of rotatable bonds is 2. The molecule has 1 unspecified atom stereocenters. The van der Waals surface area contributed by atoms with Gasteiger partial charge in [0.1, 0.15) is 17.6 Å². The molecule has 0 aliphatic carbocycles. The van der Waals surface area contributed by atoms with Crippen LogP contribution in [0.1, 0.15) is 25.0 Å². The molecule has 2 rings (SSSR count). The molecular weight excluding hydrogens is 256 g/mol. The van der Waals surface area contributed by atoms with Gasteiger partial charge in [0, 0.05) is 12.8 Å². The van der Waals surface area contributed by atoms with Crippen molar-refractivity contribution in [3.63, 3.8) is 0 Å². The maximum absolute atomic E-state index is 11.0. The Labute approximate surface area is 97.8 Å². The average molecular weight is 269 g/mol. The second kappa shape index (κ2) is 3.97. The fourth-order valence-electron chi connectivity index (χ4n) is 1.94. The number of carbonyl (C=O) groups excluding carboxylic acids is 1. The lowest BCUT2D eigenvalue weighted by molar-refractivity contribution is -0.116. The summed E-state index contributed by atoms with van der Waals surface area (Å²) in [6.45, 7) is 3.66. The molecule has 0 radical (unpaired) electrons. The number of ketones is 1. The first-order valence-electron chi connectivity index (χ1n) is 5.03. The summed E-state index contributed by atoms with van der Waals surface area (Å²) in [5, 5.41) is 0. The number of Topliss-reactive ketones (excluding diaryl/α,β-unsaturated/α-hetero) is 1. The second-order valence-corrected chi connectivity index (χ2v) is 4.93. The summed E-state index contributed by atoms with van der Waals surface area (Å²) in [5.41, 5.74) is 2.26. The number of halogens is 1. The van der Waals surface area contributed by atoms with Crippen LogP contribution in [0.4, 0.5) is 0 Å². The fourth-order valence-corrected chi connectivity index (χ4v) is 2.58. The average Bonchev–Trinajstić information content (AvgIpc) is 2.44. The highest BCUT2D eigenvalue weighted by Gasteiger charge is 2.22. The Balaban J connectivity index is 2.35. The minimum absolute atomic E-state index is 0.189. The predicted molar refractivity (Wildman–Crippen MR) is 62.3 cm³/mol. The number of hydrogen-bond donors (Lipinski definition) is 0. The van der Waals surface area contributed by atoms with Crippen molar-refractivity contribution in [1.82, 2.24) is 0 Å². The number of hydrogen-bond acceptors (Lipinski definition) is 2. The maximum Gasteiger partial charge on any atom is 0.137 e. The standard InChI is InChI=1S/C12H13BrO2/c1-7(14)3-9-5-10-4-8(2)15-12(10)11(13)6-9/h5-6,8H,3-4H2,1-2H3. The van der Waals surface area contributed by atoms with Crippen molar-refractivity contribution in [2.24, 2.45) is 0 Å². The molecule has 0 spiro atoms. The zero-order valence-electron chi connectivity index (χ0n) is 8.84. The van der Waals surface area contributed by atoms with E-state index in [2.05, 4.69) is 28.9 Å². The van der Waals surface area contributed by atoms with Gasteiger partial charge in [-0.2, -0.15) is 0 Å². The van der Waals surface area contributed by atoms with E-state index in [4.69, 9.17) is 4.74 Å². The molecule has 1 aliphatic heterocycles. The van der Waals surface area contributed by atoms with Gasteiger partial charge in [-0.15, -0.1) is 0 Å². The minimum Gasteiger partial charge on any atom is -0.489 e. The molecule has 0 saturated heterocycles. The van der Waals surface area contributed by atoms with Crippen LogP contribution in [0.3, 0.4) is 0 Å². The minimum atomic E-state index is 0.189. The van der Waals surface area contributed by atoms with Gasteiger partial charge in [-0.05, 0) is 47.0 Å². The Hall–Kier alpha value is -0.830. The Morgan fingerprint density at radius 3 is 3.00 bits per heavy atom. The maximum atomic E-state index is 11.0. The molecule has 3 heteroatoms. The van der Waals surface area contributed by atoms with Crippen molar-refractivity contribution in [2.45, 2.75) is 32.8 Å². The van der Waals surface area contributed by atoms with Gasteiger partial charge in [0.25, 0.3) is 0 Å². The number of carbonyl (C=O) groups is 1. The van der Waals surface area contributed by atoms with Crippen molar-refractivity contribution < 1.29 is 9.53 Å². The highest BCUT2D eigenvalue weighted by molar-refractivity contribution is 9.10. The highest BCUT2D eigenvalue weighted by atomic mass is 79.9.